The van der Waals surface area contributed by atoms with E-state index in [1.165, 1.54) is 13.0 Å². The molecular formula is C29H31ClF5N7O. The van der Waals surface area contributed by atoms with E-state index < -0.39 is 40.5 Å². The summed E-state index contributed by atoms with van der Waals surface area (Å²) in [6, 6.07) is 2.68. The Morgan fingerprint density at radius 2 is 2.00 bits per heavy atom. The number of halogens is 6. The molecule has 0 saturated carbocycles. The van der Waals surface area contributed by atoms with Gasteiger partial charge in [-0.1, -0.05) is 11.6 Å². The maximum Gasteiger partial charge on any atom is 0.418 e. The summed E-state index contributed by atoms with van der Waals surface area (Å²) in [4.78, 5) is 17.1. The second-order valence-electron chi connectivity index (χ2n) is 12.1. The van der Waals surface area contributed by atoms with Gasteiger partial charge in [0, 0.05) is 37.0 Å². The van der Waals surface area contributed by atoms with E-state index in [-0.39, 0.29) is 52.0 Å². The van der Waals surface area contributed by atoms with Crippen LogP contribution in [-0.2, 0) is 6.18 Å². The maximum absolute atomic E-state index is 16.6. The molecule has 3 aromatic rings. The average molecular weight is 624 g/mol. The molecule has 8 nitrogen and oxygen atoms in total. The molecule has 0 aliphatic carbocycles. The minimum atomic E-state index is -4.85. The number of pyridine rings is 1. The van der Waals surface area contributed by atoms with Gasteiger partial charge in [-0.15, -0.1) is 0 Å². The Labute approximate surface area is 249 Å². The molecule has 1 aromatic carbocycles. The zero-order valence-electron chi connectivity index (χ0n) is 23.4. The number of aryl methyl sites for hydroxylation is 1. The van der Waals surface area contributed by atoms with Crippen LogP contribution >= 0.6 is 11.6 Å². The fraction of sp³-hybridized carbons (Fsp3) is 0.552. The highest BCUT2D eigenvalue weighted by Gasteiger charge is 2.49. The van der Waals surface area contributed by atoms with Crippen molar-refractivity contribution in [2.75, 3.05) is 43.4 Å². The van der Waals surface area contributed by atoms with Crippen LogP contribution < -0.4 is 20.7 Å². The van der Waals surface area contributed by atoms with Crippen molar-refractivity contribution in [2.45, 2.75) is 69.0 Å². The van der Waals surface area contributed by atoms with Crippen LogP contribution in [-0.4, -0.2) is 76.4 Å². The van der Waals surface area contributed by atoms with Gasteiger partial charge in [0.1, 0.15) is 29.9 Å². The molecule has 6 heterocycles. The number of hydrogen-bond acceptors (Lipinski definition) is 8. The molecule has 0 amide bonds. The SMILES string of the molecule is Cc1cc(N)nc(-c2c(Cl)cc3c(N4CCC5NCCC54)nc(OC[C@]45CCCN4CC(F)C5)nc3c2F)c1C(F)(F)F. The average Bonchev–Trinajstić information content (AvgIpc) is 3.67. The fourth-order valence-corrected chi connectivity index (χ4v) is 7.95. The second kappa shape index (κ2) is 10.3. The lowest BCUT2D eigenvalue weighted by molar-refractivity contribution is -0.137. The van der Waals surface area contributed by atoms with E-state index in [1.54, 1.807) is 0 Å². The minimum Gasteiger partial charge on any atom is -0.461 e. The number of ether oxygens (including phenoxy) is 1. The van der Waals surface area contributed by atoms with Crippen molar-refractivity contribution in [3.63, 3.8) is 0 Å². The van der Waals surface area contributed by atoms with Gasteiger partial charge in [0.15, 0.2) is 5.82 Å². The quantitative estimate of drug-likeness (QED) is 0.371. The molecule has 0 radical (unpaired) electrons. The van der Waals surface area contributed by atoms with Crippen LogP contribution in [0.2, 0.25) is 5.02 Å². The molecule has 43 heavy (non-hydrogen) atoms. The lowest BCUT2D eigenvalue weighted by atomic mass is 9.95. The van der Waals surface area contributed by atoms with Gasteiger partial charge in [-0.2, -0.15) is 23.1 Å². The van der Waals surface area contributed by atoms with Crippen LogP contribution in [0.5, 0.6) is 6.01 Å². The third kappa shape index (κ3) is 4.74. The summed E-state index contributed by atoms with van der Waals surface area (Å²) < 4.78 is 79.7. The van der Waals surface area contributed by atoms with Gasteiger partial charge in [-0.3, -0.25) is 4.90 Å². The Morgan fingerprint density at radius 1 is 1.19 bits per heavy atom. The molecule has 14 heteroatoms. The predicted octanol–water partition coefficient (Wildman–Crippen LogP) is 5.29. The van der Waals surface area contributed by atoms with Gasteiger partial charge in [-0.25, -0.2) is 13.8 Å². The van der Waals surface area contributed by atoms with Gasteiger partial charge in [0.25, 0.3) is 0 Å². The molecular weight excluding hydrogens is 593 g/mol. The van der Waals surface area contributed by atoms with E-state index in [4.69, 9.17) is 27.1 Å². The minimum absolute atomic E-state index is 0.0913. The van der Waals surface area contributed by atoms with Gasteiger partial charge >= 0.3 is 12.2 Å². The summed E-state index contributed by atoms with van der Waals surface area (Å²) in [6.45, 7) is 3.90. The first-order valence-electron chi connectivity index (χ1n) is 14.5. The van der Waals surface area contributed by atoms with Crippen LogP contribution in [0.4, 0.5) is 33.6 Å². The summed E-state index contributed by atoms with van der Waals surface area (Å²) in [6.07, 6.45) is -2.14. The lowest BCUT2D eigenvalue weighted by Crippen LogP contribution is -2.43. The van der Waals surface area contributed by atoms with Crippen molar-refractivity contribution in [1.82, 2.24) is 25.2 Å². The summed E-state index contributed by atoms with van der Waals surface area (Å²) >= 11 is 6.57. The van der Waals surface area contributed by atoms with Crippen molar-refractivity contribution in [1.29, 1.82) is 0 Å². The molecule has 7 rings (SSSR count). The first kappa shape index (κ1) is 28.7. The molecule has 4 atom stereocenters. The summed E-state index contributed by atoms with van der Waals surface area (Å²) in [5.41, 5.74) is 2.48. The highest BCUT2D eigenvalue weighted by molar-refractivity contribution is 6.34. The fourth-order valence-electron chi connectivity index (χ4n) is 7.67. The van der Waals surface area contributed by atoms with E-state index in [2.05, 4.69) is 25.1 Å². The van der Waals surface area contributed by atoms with Gasteiger partial charge in [-0.05, 0) is 63.4 Å². The van der Waals surface area contributed by atoms with Crippen LogP contribution in [0.25, 0.3) is 22.2 Å². The molecule has 0 spiro atoms. The summed E-state index contributed by atoms with van der Waals surface area (Å²) in [7, 11) is 0. The number of nitrogens with zero attached hydrogens (tertiary/aromatic N) is 5. The number of hydrogen-bond donors (Lipinski definition) is 2. The van der Waals surface area contributed by atoms with Crippen LogP contribution in [0, 0.1) is 12.7 Å². The van der Waals surface area contributed by atoms with Crippen molar-refractivity contribution in [2.24, 2.45) is 0 Å². The van der Waals surface area contributed by atoms with E-state index in [1.807, 2.05) is 0 Å². The van der Waals surface area contributed by atoms with Crippen molar-refractivity contribution < 1.29 is 26.7 Å². The first-order chi connectivity index (χ1) is 20.4. The zero-order chi connectivity index (χ0) is 30.3. The van der Waals surface area contributed by atoms with Crippen molar-refractivity contribution >= 4 is 34.1 Å². The Hall–Kier alpha value is -3.03. The molecule has 4 saturated heterocycles. The Balaban J connectivity index is 1.39. The number of nitrogen functional groups attached to an aromatic ring is 1. The number of aromatic nitrogens is 3. The molecule has 4 aliphatic rings. The lowest BCUT2D eigenvalue weighted by Gasteiger charge is -2.31. The number of rotatable bonds is 5. The Kier molecular flexibility index (Phi) is 6.86. The van der Waals surface area contributed by atoms with Crippen LogP contribution in [0.15, 0.2) is 12.1 Å². The summed E-state index contributed by atoms with van der Waals surface area (Å²) in [5.74, 6) is -0.889. The molecule has 4 aliphatic heterocycles. The zero-order valence-corrected chi connectivity index (χ0v) is 24.2. The number of alkyl halides is 4. The molecule has 0 bridgehead atoms. The number of anilines is 2. The van der Waals surface area contributed by atoms with Crippen molar-refractivity contribution in [3.8, 4) is 17.3 Å². The second-order valence-corrected chi connectivity index (χ2v) is 12.5. The molecule has 230 valence electrons. The van der Waals surface area contributed by atoms with Crippen LogP contribution in [0.1, 0.15) is 43.2 Å². The summed E-state index contributed by atoms with van der Waals surface area (Å²) in [5, 5.41) is 3.46. The molecule has 3 N–H and O–H groups in total. The third-order valence-corrected chi connectivity index (χ3v) is 9.79. The number of nitrogens with one attached hydrogen (secondary N) is 1. The number of nitrogens with two attached hydrogens (primary N) is 1. The highest BCUT2D eigenvalue weighted by Crippen LogP contribution is 2.46. The smallest absolute Gasteiger partial charge is 0.418 e. The highest BCUT2D eigenvalue weighted by atomic mass is 35.5. The van der Waals surface area contributed by atoms with Crippen molar-refractivity contribution in [3.05, 3.63) is 34.1 Å². The maximum atomic E-state index is 16.6. The van der Waals surface area contributed by atoms with Crippen LogP contribution in [0.3, 0.4) is 0 Å². The largest absolute Gasteiger partial charge is 0.461 e. The normalized spacial score (nSPS) is 27.3. The monoisotopic (exact) mass is 623 g/mol. The standard InChI is InChI=1S/C29H31ClF5N7O/c1-14-9-20(36)38-25(22(14)29(33,34)35)21-17(30)10-16-24(23(21)32)39-27(40-26(16)42-8-4-18-19(42)3-6-37-18)43-13-28-5-2-7-41(28)12-15(31)11-28/h9-10,15,18-19,37H,2-8,11-13H2,1H3,(H2,36,38)/t15?,18?,19?,28-/m1/s1. The predicted molar refractivity (Wildman–Crippen MR) is 153 cm³/mol. The first-order valence-corrected chi connectivity index (χ1v) is 14.9. The van der Waals surface area contributed by atoms with E-state index in [0.29, 0.717) is 25.3 Å². The van der Waals surface area contributed by atoms with Gasteiger partial charge in [0.05, 0.1) is 27.4 Å². The van der Waals surface area contributed by atoms with Gasteiger partial charge < -0.3 is 20.7 Å². The third-order valence-electron chi connectivity index (χ3n) is 9.49. The topological polar surface area (TPSA) is 92.4 Å². The number of fused-ring (bicyclic) bond motifs is 3. The van der Waals surface area contributed by atoms with E-state index in [0.717, 1.165) is 44.8 Å². The number of benzene rings is 1. The Morgan fingerprint density at radius 3 is 2.79 bits per heavy atom. The molecule has 2 aromatic heterocycles. The Bertz CT molecular complexity index is 1610. The van der Waals surface area contributed by atoms with E-state index in [9.17, 15) is 17.6 Å². The van der Waals surface area contributed by atoms with Gasteiger partial charge in [0.2, 0.25) is 0 Å². The van der Waals surface area contributed by atoms with E-state index >= 15 is 4.39 Å². The molecule has 3 unspecified atom stereocenters. The molecule has 4 fully saturated rings.